The van der Waals surface area contributed by atoms with E-state index in [0.717, 1.165) is 97.5 Å². The minimum atomic E-state index is -0.369. The Morgan fingerprint density at radius 1 is 0.237 bits per heavy atom. The zero-order valence-electron chi connectivity index (χ0n) is 66.1. The molecule has 18 heteroatoms. The van der Waals surface area contributed by atoms with E-state index in [2.05, 4.69) is 20.8 Å². The van der Waals surface area contributed by atoms with Gasteiger partial charge >= 0.3 is 0 Å². The molecule has 0 aromatic carbocycles. The largest absolute Gasteiger partial charge is 0.369 e. The third-order valence-corrected chi connectivity index (χ3v) is 18.0. The number of hydrogen-bond donors (Lipinski definition) is 1. The van der Waals surface area contributed by atoms with Gasteiger partial charge in [0.2, 0.25) is 53.2 Å². The van der Waals surface area contributed by atoms with Gasteiger partial charge in [0.1, 0.15) is 0 Å². The molecular weight excluding hydrogens is 1220 g/mol. The summed E-state index contributed by atoms with van der Waals surface area (Å²) in [6.45, 7) is 68.5. The average Bonchev–Trinajstić information content (AvgIpc) is 1.76. The second-order valence-corrected chi connectivity index (χ2v) is 36.9. The maximum atomic E-state index is 11.9. The van der Waals surface area contributed by atoms with Gasteiger partial charge < -0.3 is 44.9 Å². The lowest BCUT2D eigenvalue weighted by molar-refractivity contribution is -0.145. The Hall–Kier alpha value is -4.77. The molecule has 0 aromatic heterocycles. The number of likely N-dealkylation sites (tertiary alicyclic amines) is 8. The zero-order valence-corrected chi connectivity index (χ0v) is 66.1. The predicted octanol–water partition coefficient (Wildman–Crippen LogP) is 14.4. The maximum Gasteiger partial charge on any atom is 0.227 e. The van der Waals surface area contributed by atoms with Crippen LogP contribution in [-0.2, 0) is 43.2 Å². The monoisotopic (exact) mass is 1370 g/mol. The molecule has 8 fully saturated rings. The fraction of sp³-hybridized carbons (Fsp3) is 0.886. The molecule has 8 heterocycles. The second-order valence-electron chi connectivity index (χ2n) is 36.9. The number of carbonyl (C=O) groups is 9. The summed E-state index contributed by atoms with van der Waals surface area (Å²) in [6.07, 6.45) is 15.1. The SMILES string of the molecule is C.C.CC(C)(C)C(=O)N1CCC(C(N)=O)C1.CC(C)(C)C(=O)N1CCC1.CC(C)(C)C(=O)N1CCCC1.CC(C)(C)C(=O)N1CCCCC1.CC(C)(C)C(=O)N1CCCCC1.CC1CCN(C(=O)C(C)(C)C)C1.CC1CCN(C(=O)C(C)(C)C)CC1.CC1CN(C(=O)C(C)(C)C)C1. The molecule has 2 unspecified atom stereocenters. The second kappa shape index (κ2) is 40.6. The lowest BCUT2D eigenvalue weighted by Crippen LogP contribution is -2.52. The number of hydrogen-bond acceptors (Lipinski definition) is 9. The van der Waals surface area contributed by atoms with Crippen molar-refractivity contribution in [1.82, 2.24) is 39.2 Å². The summed E-state index contributed by atoms with van der Waals surface area (Å²) in [5.74, 6) is 3.94. The summed E-state index contributed by atoms with van der Waals surface area (Å²) in [7, 11) is 0. The Morgan fingerprint density at radius 3 is 0.649 bits per heavy atom. The van der Waals surface area contributed by atoms with Gasteiger partial charge in [-0.1, -0.05) is 202 Å². The molecule has 2 atom stereocenters. The molecule has 0 aromatic rings. The molecule has 9 amide bonds. The summed E-state index contributed by atoms with van der Waals surface area (Å²) in [6, 6.07) is 0. The lowest BCUT2D eigenvalue weighted by Gasteiger charge is -2.40. The van der Waals surface area contributed by atoms with E-state index in [4.69, 9.17) is 5.73 Å². The van der Waals surface area contributed by atoms with E-state index in [1.807, 2.05) is 200 Å². The number of piperidine rings is 3. The number of carbonyl (C=O) groups excluding carboxylic acids is 9. The van der Waals surface area contributed by atoms with Gasteiger partial charge in [-0.25, -0.2) is 0 Å². The minimum Gasteiger partial charge on any atom is -0.369 e. The third kappa shape index (κ3) is 34.9. The normalized spacial score (nSPS) is 20.2. The molecule has 8 saturated heterocycles. The van der Waals surface area contributed by atoms with E-state index in [9.17, 15) is 43.2 Å². The highest BCUT2D eigenvalue weighted by Gasteiger charge is 2.38. The summed E-state index contributed by atoms with van der Waals surface area (Å²) in [4.78, 5) is 120. The smallest absolute Gasteiger partial charge is 0.227 e. The Balaban J connectivity index is 0. The standard InChI is InChI=1S/C11H21NO.C10H18N2O2.3C10H19NO.2C9H17NO.C8H15NO.2CH4/c1-9-5-7-12(8-6-9)10(13)11(2,3)4;1-10(2,3)9(14)12-5-4-7(6-12)8(11)13;1-8-5-6-11(7-8)9(12)10(2,3)4;2*1-10(2,3)9(12)11-7-5-4-6-8-11;1-7-5-10(6-7)8(11)9(2,3)4;1-9(2,3)8(11)10-6-4-5-7-10;1-8(2,3)7(10)9-5-4-6-9;;/h9H,5-8H2,1-4H3;7H,4-6H2,1-3H3,(H2,11,13);8H,5-7H2,1-4H3;2*4-8H2,1-3H3;7H,5-6H2,1-4H3;4-7H2,1-3H3;4-6H2,1-3H3;2*1H4. The molecule has 97 heavy (non-hydrogen) atoms. The number of amides is 9. The van der Waals surface area contributed by atoms with Gasteiger partial charge in [0, 0.05) is 148 Å². The van der Waals surface area contributed by atoms with Crippen LogP contribution in [0.25, 0.3) is 0 Å². The number of rotatable bonds is 1. The summed E-state index contributed by atoms with van der Waals surface area (Å²) in [5, 5.41) is 0. The lowest BCUT2D eigenvalue weighted by atomic mass is 9.91. The van der Waals surface area contributed by atoms with Crippen molar-refractivity contribution >= 4 is 53.2 Å². The molecule has 8 rings (SSSR count). The molecule has 0 saturated carbocycles. The van der Waals surface area contributed by atoms with E-state index in [-0.39, 0.29) is 81.8 Å². The molecular formula is C79H153N9O9. The zero-order chi connectivity index (χ0) is 73.6. The average molecular weight is 1370 g/mol. The van der Waals surface area contributed by atoms with Crippen LogP contribution in [0.4, 0.5) is 0 Å². The van der Waals surface area contributed by atoms with Gasteiger partial charge in [0.05, 0.1) is 5.92 Å². The first-order chi connectivity index (χ1) is 43.1. The van der Waals surface area contributed by atoms with Crippen molar-refractivity contribution in [3.05, 3.63) is 0 Å². The van der Waals surface area contributed by atoms with E-state index >= 15 is 0 Å². The number of nitrogens with two attached hydrogens (primary N) is 1. The van der Waals surface area contributed by atoms with Crippen LogP contribution >= 0.6 is 0 Å². The fourth-order valence-electron chi connectivity index (χ4n) is 11.8. The number of primary amides is 1. The van der Waals surface area contributed by atoms with Crippen molar-refractivity contribution in [1.29, 1.82) is 0 Å². The van der Waals surface area contributed by atoms with Crippen LogP contribution in [-0.4, -0.2) is 197 Å². The maximum absolute atomic E-state index is 11.9. The van der Waals surface area contributed by atoms with Crippen molar-refractivity contribution in [3.8, 4) is 0 Å². The van der Waals surface area contributed by atoms with Crippen molar-refractivity contribution in [2.24, 2.45) is 72.7 Å². The molecule has 2 N–H and O–H groups in total. The van der Waals surface area contributed by atoms with Crippen LogP contribution in [0.15, 0.2) is 0 Å². The van der Waals surface area contributed by atoms with Crippen molar-refractivity contribution < 1.29 is 43.2 Å². The molecule has 0 spiro atoms. The Bertz CT molecular complexity index is 2330. The van der Waals surface area contributed by atoms with Crippen LogP contribution in [0.3, 0.4) is 0 Å². The van der Waals surface area contributed by atoms with Crippen molar-refractivity contribution in [2.45, 2.75) is 285 Å². The van der Waals surface area contributed by atoms with Gasteiger partial charge in [0.25, 0.3) is 0 Å². The molecule has 0 aliphatic carbocycles. The van der Waals surface area contributed by atoms with Crippen LogP contribution in [0.5, 0.6) is 0 Å². The van der Waals surface area contributed by atoms with Gasteiger partial charge in [0.15, 0.2) is 0 Å². The molecule has 8 aliphatic heterocycles. The first-order valence-corrected chi connectivity index (χ1v) is 36.8. The molecule has 568 valence electrons. The third-order valence-electron chi connectivity index (χ3n) is 18.0. The molecule has 0 radical (unpaired) electrons. The highest BCUT2D eigenvalue weighted by Crippen LogP contribution is 2.29. The van der Waals surface area contributed by atoms with Gasteiger partial charge in [-0.05, 0) is 101 Å². The van der Waals surface area contributed by atoms with Crippen molar-refractivity contribution in [3.63, 3.8) is 0 Å². The van der Waals surface area contributed by atoms with Crippen LogP contribution in [0, 0.1) is 67.0 Å². The highest BCUT2D eigenvalue weighted by atomic mass is 16.2. The molecule has 18 nitrogen and oxygen atoms in total. The summed E-state index contributed by atoms with van der Waals surface area (Å²) < 4.78 is 0. The van der Waals surface area contributed by atoms with E-state index < -0.39 is 0 Å². The molecule has 8 aliphatic rings. The Morgan fingerprint density at radius 2 is 0.433 bits per heavy atom. The number of nitrogens with zero attached hydrogens (tertiary/aromatic N) is 8. The first kappa shape index (κ1) is 94.3. The molecule has 0 bridgehead atoms. The van der Waals surface area contributed by atoms with Gasteiger partial charge in [-0.3, -0.25) is 43.2 Å². The van der Waals surface area contributed by atoms with Gasteiger partial charge in [-0.15, -0.1) is 0 Å². The minimum absolute atomic E-state index is 0. The van der Waals surface area contributed by atoms with Gasteiger partial charge in [-0.2, -0.15) is 0 Å². The Kier molecular flexibility index (Phi) is 39.5. The topological polar surface area (TPSA) is 206 Å². The fourth-order valence-corrected chi connectivity index (χ4v) is 11.8. The van der Waals surface area contributed by atoms with Crippen LogP contribution < -0.4 is 5.73 Å². The summed E-state index contributed by atoms with van der Waals surface area (Å²) >= 11 is 0. The summed E-state index contributed by atoms with van der Waals surface area (Å²) in [5.41, 5.74) is 3.45. The predicted molar refractivity (Wildman–Crippen MR) is 402 cm³/mol. The van der Waals surface area contributed by atoms with E-state index in [1.165, 1.54) is 77.0 Å². The van der Waals surface area contributed by atoms with Crippen molar-refractivity contribution in [2.75, 3.05) is 105 Å². The Labute approximate surface area is 595 Å². The first-order valence-electron chi connectivity index (χ1n) is 36.8. The van der Waals surface area contributed by atoms with Crippen LogP contribution in [0.2, 0.25) is 0 Å². The van der Waals surface area contributed by atoms with Crippen LogP contribution in [0.1, 0.15) is 285 Å². The quantitative estimate of drug-likeness (QED) is 0.265. The van der Waals surface area contributed by atoms with E-state index in [0.29, 0.717) is 66.8 Å². The highest BCUT2D eigenvalue weighted by molar-refractivity contribution is 5.86. The van der Waals surface area contributed by atoms with E-state index in [1.54, 1.807) is 4.90 Å².